The fourth-order valence-electron chi connectivity index (χ4n) is 2.08. The molecule has 2 aromatic rings. The molecular weight excluding hydrogens is 270 g/mol. The lowest BCUT2D eigenvalue weighted by molar-refractivity contribution is -0.118. The number of hydrogen-bond donors (Lipinski definition) is 3. The first-order valence-electron chi connectivity index (χ1n) is 6.43. The molecule has 0 spiro atoms. The van der Waals surface area contributed by atoms with Gasteiger partial charge in [-0.3, -0.25) is 4.79 Å². The summed E-state index contributed by atoms with van der Waals surface area (Å²) in [7, 11) is 1.62. The van der Waals surface area contributed by atoms with E-state index in [1.54, 1.807) is 19.2 Å². The molecule has 0 radical (unpaired) electrons. The molecular formula is C15H15N3O3. The second-order valence-electron chi connectivity index (χ2n) is 4.63. The summed E-state index contributed by atoms with van der Waals surface area (Å²) in [5.74, 6) is 1.18. The Bertz CT molecular complexity index is 683. The number of nitrogen functional groups attached to an aromatic ring is 1. The van der Waals surface area contributed by atoms with Crippen molar-refractivity contribution in [2.75, 3.05) is 30.1 Å². The van der Waals surface area contributed by atoms with E-state index in [0.717, 1.165) is 11.4 Å². The summed E-state index contributed by atoms with van der Waals surface area (Å²) in [6.45, 7) is 0.0116. The first-order chi connectivity index (χ1) is 10.2. The number of fused-ring (bicyclic) bond motifs is 1. The zero-order chi connectivity index (χ0) is 14.8. The van der Waals surface area contributed by atoms with Crippen molar-refractivity contribution in [3.8, 4) is 11.5 Å². The molecule has 3 rings (SSSR count). The molecule has 0 saturated heterocycles. The zero-order valence-electron chi connectivity index (χ0n) is 11.5. The van der Waals surface area contributed by atoms with E-state index in [9.17, 15) is 4.79 Å². The molecule has 21 heavy (non-hydrogen) atoms. The van der Waals surface area contributed by atoms with E-state index in [-0.39, 0.29) is 12.5 Å². The van der Waals surface area contributed by atoms with Crippen LogP contribution in [-0.2, 0) is 4.79 Å². The third kappa shape index (κ3) is 2.69. The molecule has 0 unspecified atom stereocenters. The van der Waals surface area contributed by atoms with E-state index in [4.69, 9.17) is 15.2 Å². The molecule has 1 aliphatic heterocycles. The van der Waals surface area contributed by atoms with Gasteiger partial charge >= 0.3 is 0 Å². The van der Waals surface area contributed by atoms with Crippen LogP contribution < -0.4 is 25.8 Å². The topological polar surface area (TPSA) is 85.6 Å². The molecule has 1 amide bonds. The fourth-order valence-corrected chi connectivity index (χ4v) is 2.08. The number of methoxy groups -OCH3 is 1. The maximum atomic E-state index is 11.3. The van der Waals surface area contributed by atoms with Gasteiger partial charge in [0.15, 0.2) is 6.61 Å². The van der Waals surface area contributed by atoms with Gasteiger partial charge in [-0.2, -0.15) is 0 Å². The molecule has 0 fully saturated rings. The van der Waals surface area contributed by atoms with Crippen LogP contribution in [0.4, 0.5) is 22.7 Å². The van der Waals surface area contributed by atoms with E-state index in [1.807, 2.05) is 24.3 Å². The fraction of sp³-hybridized carbons (Fsp3) is 0.133. The summed E-state index contributed by atoms with van der Waals surface area (Å²) in [6, 6.07) is 10.9. The van der Waals surface area contributed by atoms with Gasteiger partial charge in [0.05, 0.1) is 24.2 Å². The van der Waals surface area contributed by atoms with Gasteiger partial charge in [-0.05, 0) is 30.3 Å². The predicted octanol–water partition coefficient (Wildman–Crippen LogP) is 2.35. The Labute approximate surface area is 121 Å². The van der Waals surface area contributed by atoms with Crippen LogP contribution >= 0.6 is 0 Å². The largest absolute Gasteiger partial charge is 0.497 e. The van der Waals surface area contributed by atoms with E-state index < -0.39 is 0 Å². The molecule has 4 N–H and O–H groups in total. The summed E-state index contributed by atoms with van der Waals surface area (Å²) in [5.41, 5.74) is 8.72. The molecule has 1 heterocycles. The number of carbonyl (C=O) groups excluding carboxylic acids is 1. The van der Waals surface area contributed by atoms with E-state index in [0.29, 0.717) is 22.8 Å². The quantitative estimate of drug-likeness (QED) is 0.754. The van der Waals surface area contributed by atoms with E-state index in [1.165, 1.54) is 0 Å². The van der Waals surface area contributed by atoms with Crippen LogP contribution in [0.2, 0.25) is 0 Å². The lowest BCUT2D eigenvalue weighted by atomic mass is 10.2. The van der Waals surface area contributed by atoms with Crippen molar-refractivity contribution in [2.24, 2.45) is 0 Å². The molecule has 0 bridgehead atoms. The SMILES string of the molecule is COc1ccc(Nc2cc3c(cc2N)OCC(=O)N3)cc1. The number of benzene rings is 2. The second kappa shape index (κ2) is 5.24. The predicted molar refractivity (Wildman–Crippen MR) is 81.3 cm³/mol. The Balaban J connectivity index is 1.87. The Morgan fingerprint density at radius 3 is 2.76 bits per heavy atom. The molecule has 2 aromatic carbocycles. The molecule has 0 atom stereocenters. The number of amides is 1. The van der Waals surface area contributed by atoms with Gasteiger partial charge in [0.2, 0.25) is 0 Å². The highest BCUT2D eigenvalue weighted by Gasteiger charge is 2.17. The van der Waals surface area contributed by atoms with E-state index >= 15 is 0 Å². The number of carbonyl (C=O) groups is 1. The number of anilines is 4. The molecule has 1 aliphatic rings. The van der Waals surface area contributed by atoms with Gasteiger partial charge in [0.25, 0.3) is 5.91 Å². The summed E-state index contributed by atoms with van der Waals surface area (Å²) in [4.78, 5) is 11.3. The summed E-state index contributed by atoms with van der Waals surface area (Å²) in [5, 5.41) is 5.95. The lowest BCUT2D eigenvalue weighted by Crippen LogP contribution is -2.25. The molecule has 108 valence electrons. The highest BCUT2D eigenvalue weighted by Crippen LogP contribution is 2.36. The average molecular weight is 285 g/mol. The lowest BCUT2D eigenvalue weighted by Gasteiger charge is -2.20. The van der Waals surface area contributed by atoms with Crippen LogP contribution in [0.3, 0.4) is 0 Å². The van der Waals surface area contributed by atoms with Gasteiger partial charge in [-0.1, -0.05) is 0 Å². The first-order valence-corrected chi connectivity index (χ1v) is 6.43. The Morgan fingerprint density at radius 1 is 1.29 bits per heavy atom. The standard InChI is InChI=1S/C15H15N3O3/c1-20-10-4-2-9(3-5-10)17-12-7-13-14(6-11(12)16)21-8-15(19)18-13/h2-7,17H,8,16H2,1H3,(H,18,19). The number of nitrogens with two attached hydrogens (primary N) is 1. The molecule has 6 heteroatoms. The maximum Gasteiger partial charge on any atom is 0.262 e. The first kappa shape index (κ1) is 13.1. The van der Waals surface area contributed by atoms with Crippen molar-refractivity contribution in [2.45, 2.75) is 0 Å². The summed E-state index contributed by atoms with van der Waals surface area (Å²) in [6.07, 6.45) is 0. The Kier molecular flexibility index (Phi) is 3.27. The molecule has 0 saturated carbocycles. The highest BCUT2D eigenvalue weighted by atomic mass is 16.5. The monoisotopic (exact) mass is 285 g/mol. The van der Waals surface area contributed by atoms with Crippen molar-refractivity contribution in [3.05, 3.63) is 36.4 Å². The van der Waals surface area contributed by atoms with Crippen LogP contribution in [0.15, 0.2) is 36.4 Å². The minimum absolute atomic E-state index is 0.0116. The van der Waals surface area contributed by atoms with Crippen LogP contribution in [0.25, 0.3) is 0 Å². The van der Waals surface area contributed by atoms with Gasteiger partial charge in [-0.25, -0.2) is 0 Å². The van der Waals surface area contributed by atoms with Crippen molar-refractivity contribution >= 4 is 28.7 Å². The zero-order valence-corrected chi connectivity index (χ0v) is 11.5. The smallest absolute Gasteiger partial charge is 0.262 e. The number of nitrogens with one attached hydrogen (secondary N) is 2. The average Bonchev–Trinajstić information content (AvgIpc) is 2.49. The van der Waals surface area contributed by atoms with Gasteiger partial charge in [0, 0.05) is 11.8 Å². The number of ether oxygens (including phenoxy) is 2. The molecule has 6 nitrogen and oxygen atoms in total. The van der Waals surface area contributed by atoms with Crippen molar-refractivity contribution in [1.82, 2.24) is 0 Å². The Morgan fingerprint density at radius 2 is 2.05 bits per heavy atom. The number of hydrogen-bond acceptors (Lipinski definition) is 5. The van der Waals surface area contributed by atoms with Crippen LogP contribution in [0.5, 0.6) is 11.5 Å². The van der Waals surface area contributed by atoms with E-state index in [2.05, 4.69) is 10.6 Å². The highest BCUT2D eigenvalue weighted by molar-refractivity contribution is 5.97. The number of rotatable bonds is 3. The minimum atomic E-state index is -0.178. The van der Waals surface area contributed by atoms with Crippen molar-refractivity contribution in [3.63, 3.8) is 0 Å². The third-order valence-electron chi connectivity index (χ3n) is 3.15. The Hall–Kier alpha value is -2.89. The molecule has 0 aliphatic carbocycles. The van der Waals surface area contributed by atoms with Gasteiger partial charge < -0.3 is 25.8 Å². The van der Waals surface area contributed by atoms with Crippen LogP contribution in [0, 0.1) is 0 Å². The minimum Gasteiger partial charge on any atom is -0.497 e. The summed E-state index contributed by atoms with van der Waals surface area (Å²) < 4.78 is 10.4. The van der Waals surface area contributed by atoms with Crippen LogP contribution in [-0.4, -0.2) is 19.6 Å². The van der Waals surface area contributed by atoms with Gasteiger partial charge in [0.1, 0.15) is 11.5 Å². The maximum absolute atomic E-state index is 11.3. The third-order valence-corrected chi connectivity index (χ3v) is 3.15. The second-order valence-corrected chi connectivity index (χ2v) is 4.63. The van der Waals surface area contributed by atoms with Gasteiger partial charge in [-0.15, -0.1) is 0 Å². The molecule has 0 aromatic heterocycles. The van der Waals surface area contributed by atoms with Crippen LogP contribution in [0.1, 0.15) is 0 Å². The van der Waals surface area contributed by atoms with Crippen molar-refractivity contribution in [1.29, 1.82) is 0 Å². The summed E-state index contributed by atoms with van der Waals surface area (Å²) >= 11 is 0. The normalized spacial score (nSPS) is 12.9. The van der Waals surface area contributed by atoms with Crippen molar-refractivity contribution < 1.29 is 14.3 Å².